The Morgan fingerprint density at radius 2 is 1.56 bits per heavy atom. The molecule has 1 amide bonds. The van der Waals surface area contributed by atoms with Crippen LogP contribution >= 0.6 is 0 Å². The Labute approximate surface area is 147 Å². The highest BCUT2D eigenvalue weighted by Crippen LogP contribution is 2.37. The number of nitrogens with zero attached hydrogens (tertiary/aromatic N) is 1. The minimum Gasteiger partial charge on any atom is -0.387 e. The zero-order valence-electron chi connectivity index (χ0n) is 15.1. The number of unbranched alkanes of at least 4 members (excludes halogenated alkanes) is 2. The summed E-state index contributed by atoms with van der Waals surface area (Å²) in [6, 6.07) is 6.13. The Kier molecular flexibility index (Phi) is 8.42. The standard InChI is InChI=1S/C19H28F3NO2/c1-4-6-12-23(13-7-5-2)18(25)16(19(20,21)22)17(24)15-10-8-14(3)9-11-15/h8-11,16-17,24H,4-7,12-13H2,1-3H3/t16-,17+/m1/s1. The first-order valence-corrected chi connectivity index (χ1v) is 8.82. The number of aliphatic hydroxyl groups excluding tert-OH is 1. The summed E-state index contributed by atoms with van der Waals surface area (Å²) in [5.74, 6) is -3.48. The topological polar surface area (TPSA) is 40.5 Å². The maximum atomic E-state index is 13.6. The first-order valence-electron chi connectivity index (χ1n) is 8.82. The van der Waals surface area contributed by atoms with E-state index in [9.17, 15) is 23.1 Å². The van der Waals surface area contributed by atoms with Gasteiger partial charge in [0.2, 0.25) is 5.91 Å². The second-order valence-electron chi connectivity index (χ2n) is 6.41. The van der Waals surface area contributed by atoms with Crippen LogP contribution in [0.1, 0.15) is 56.8 Å². The van der Waals surface area contributed by atoms with Gasteiger partial charge >= 0.3 is 6.18 Å². The van der Waals surface area contributed by atoms with E-state index in [1.54, 1.807) is 19.1 Å². The van der Waals surface area contributed by atoms with E-state index in [0.29, 0.717) is 12.8 Å². The molecule has 0 aliphatic heterocycles. The van der Waals surface area contributed by atoms with Gasteiger partial charge in [0, 0.05) is 13.1 Å². The molecule has 1 rings (SSSR count). The minimum absolute atomic E-state index is 0.104. The summed E-state index contributed by atoms with van der Waals surface area (Å²) in [4.78, 5) is 13.9. The number of benzene rings is 1. The average molecular weight is 359 g/mol. The number of rotatable bonds is 9. The van der Waals surface area contributed by atoms with Crippen LogP contribution in [0.15, 0.2) is 24.3 Å². The molecule has 0 fully saturated rings. The number of alkyl halides is 3. The van der Waals surface area contributed by atoms with Crippen molar-refractivity contribution in [1.82, 2.24) is 4.90 Å². The predicted molar refractivity (Wildman–Crippen MR) is 92.1 cm³/mol. The lowest BCUT2D eigenvalue weighted by Crippen LogP contribution is -2.46. The summed E-state index contributed by atoms with van der Waals surface area (Å²) in [6.07, 6.45) is -3.86. The molecule has 0 aliphatic carbocycles. The SMILES string of the molecule is CCCCN(CCCC)C(=O)[C@@H]([C@@H](O)c1ccc(C)cc1)C(F)(F)F. The normalized spacial score (nSPS) is 14.2. The van der Waals surface area contributed by atoms with Crippen LogP contribution in [0, 0.1) is 12.8 Å². The Balaban J connectivity index is 3.09. The molecular weight excluding hydrogens is 331 g/mol. The molecule has 1 N–H and O–H groups in total. The number of aliphatic hydroxyl groups is 1. The van der Waals surface area contributed by atoms with Crippen molar-refractivity contribution in [3.63, 3.8) is 0 Å². The summed E-state index contributed by atoms with van der Waals surface area (Å²) in [5, 5.41) is 10.3. The molecule has 2 atom stereocenters. The summed E-state index contributed by atoms with van der Waals surface area (Å²) >= 11 is 0. The van der Waals surface area contributed by atoms with Crippen molar-refractivity contribution in [2.45, 2.75) is 58.7 Å². The number of hydrogen-bond acceptors (Lipinski definition) is 2. The van der Waals surface area contributed by atoms with Gasteiger partial charge in [0.25, 0.3) is 0 Å². The molecular formula is C19H28F3NO2. The van der Waals surface area contributed by atoms with E-state index in [2.05, 4.69) is 0 Å². The zero-order chi connectivity index (χ0) is 19.0. The van der Waals surface area contributed by atoms with Crippen LogP contribution in [0.4, 0.5) is 13.2 Å². The third-order valence-corrected chi connectivity index (χ3v) is 4.23. The van der Waals surface area contributed by atoms with Gasteiger partial charge in [-0.1, -0.05) is 56.5 Å². The lowest BCUT2D eigenvalue weighted by molar-refractivity contribution is -0.208. The molecule has 0 bridgehead atoms. The molecule has 0 saturated carbocycles. The molecule has 6 heteroatoms. The highest BCUT2D eigenvalue weighted by Gasteiger charge is 2.51. The monoisotopic (exact) mass is 359 g/mol. The van der Waals surface area contributed by atoms with Crippen molar-refractivity contribution in [1.29, 1.82) is 0 Å². The van der Waals surface area contributed by atoms with Crippen LogP contribution in [0.25, 0.3) is 0 Å². The van der Waals surface area contributed by atoms with Crippen molar-refractivity contribution < 1.29 is 23.1 Å². The maximum Gasteiger partial charge on any atom is 0.403 e. The highest BCUT2D eigenvalue weighted by molar-refractivity contribution is 5.80. The van der Waals surface area contributed by atoms with E-state index in [1.165, 1.54) is 17.0 Å². The smallest absolute Gasteiger partial charge is 0.387 e. The molecule has 0 aliphatic rings. The van der Waals surface area contributed by atoms with E-state index in [-0.39, 0.29) is 18.7 Å². The van der Waals surface area contributed by atoms with Gasteiger partial charge in [-0.3, -0.25) is 4.79 Å². The molecule has 0 spiro atoms. The van der Waals surface area contributed by atoms with Crippen molar-refractivity contribution in [3.8, 4) is 0 Å². The van der Waals surface area contributed by atoms with Gasteiger partial charge in [0.15, 0.2) is 5.92 Å². The third kappa shape index (κ3) is 6.34. The van der Waals surface area contributed by atoms with Gasteiger partial charge in [0.05, 0.1) is 6.10 Å². The van der Waals surface area contributed by atoms with Crippen molar-refractivity contribution in [2.75, 3.05) is 13.1 Å². The van der Waals surface area contributed by atoms with Crippen LogP contribution in [-0.2, 0) is 4.79 Å². The third-order valence-electron chi connectivity index (χ3n) is 4.23. The highest BCUT2D eigenvalue weighted by atomic mass is 19.4. The van der Waals surface area contributed by atoms with Crippen LogP contribution in [0.3, 0.4) is 0 Å². The van der Waals surface area contributed by atoms with Gasteiger partial charge in [0.1, 0.15) is 0 Å². The quantitative estimate of drug-likeness (QED) is 0.698. The number of halogens is 3. The van der Waals surface area contributed by atoms with Crippen LogP contribution in [0.2, 0.25) is 0 Å². The summed E-state index contributed by atoms with van der Waals surface area (Å²) in [6.45, 7) is 6.21. The average Bonchev–Trinajstić information content (AvgIpc) is 2.54. The lowest BCUT2D eigenvalue weighted by atomic mass is 9.93. The largest absolute Gasteiger partial charge is 0.403 e. The van der Waals surface area contributed by atoms with E-state index < -0.39 is 24.1 Å². The molecule has 0 saturated heterocycles. The number of aryl methyl sites for hydroxylation is 1. The fourth-order valence-corrected chi connectivity index (χ4v) is 2.64. The molecule has 0 heterocycles. The summed E-state index contributed by atoms with van der Waals surface area (Å²) < 4.78 is 40.7. The molecule has 25 heavy (non-hydrogen) atoms. The van der Waals surface area contributed by atoms with E-state index >= 15 is 0 Å². The number of hydrogen-bond donors (Lipinski definition) is 1. The number of carbonyl (C=O) groups excluding carboxylic acids is 1. The predicted octanol–water partition coefficient (Wildman–Crippen LogP) is 4.64. The Bertz CT molecular complexity index is 520. The zero-order valence-corrected chi connectivity index (χ0v) is 15.1. The fraction of sp³-hybridized carbons (Fsp3) is 0.632. The maximum absolute atomic E-state index is 13.6. The van der Waals surface area contributed by atoms with Gasteiger partial charge in [-0.25, -0.2) is 0 Å². The molecule has 1 aromatic carbocycles. The summed E-state index contributed by atoms with van der Waals surface area (Å²) in [7, 11) is 0. The van der Waals surface area contributed by atoms with E-state index in [0.717, 1.165) is 18.4 Å². The molecule has 0 radical (unpaired) electrons. The first kappa shape index (κ1) is 21.5. The molecule has 142 valence electrons. The first-order chi connectivity index (χ1) is 11.7. The Hall–Kier alpha value is -1.56. The minimum atomic E-state index is -4.81. The second-order valence-corrected chi connectivity index (χ2v) is 6.41. The number of amides is 1. The lowest BCUT2D eigenvalue weighted by Gasteiger charge is -2.31. The van der Waals surface area contributed by atoms with Gasteiger partial charge in [-0.05, 0) is 25.3 Å². The molecule has 1 aromatic rings. The van der Waals surface area contributed by atoms with Gasteiger partial charge in [-0.2, -0.15) is 13.2 Å². The van der Waals surface area contributed by atoms with E-state index in [4.69, 9.17) is 0 Å². The molecule has 3 nitrogen and oxygen atoms in total. The molecule has 0 unspecified atom stereocenters. The van der Waals surface area contributed by atoms with Crippen molar-refractivity contribution >= 4 is 5.91 Å². The fourth-order valence-electron chi connectivity index (χ4n) is 2.64. The van der Waals surface area contributed by atoms with Gasteiger partial charge < -0.3 is 10.0 Å². The van der Waals surface area contributed by atoms with Gasteiger partial charge in [-0.15, -0.1) is 0 Å². The van der Waals surface area contributed by atoms with Crippen LogP contribution in [0.5, 0.6) is 0 Å². The second kappa shape index (κ2) is 9.80. The molecule has 0 aromatic heterocycles. The number of carbonyl (C=O) groups is 1. The van der Waals surface area contributed by atoms with E-state index in [1.807, 2.05) is 13.8 Å². The van der Waals surface area contributed by atoms with Crippen molar-refractivity contribution in [2.24, 2.45) is 5.92 Å². The Morgan fingerprint density at radius 3 is 1.96 bits per heavy atom. The van der Waals surface area contributed by atoms with Crippen LogP contribution in [-0.4, -0.2) is 35.2 Å². The van der Waals surface area contributed by atoms with Crippen molar-refractivity contribution in [3.05, 3.63) is 35.4 Å². The summed E-state index contributed by atoms with van der Waals surface area (Å²) in [5.41, 5.74) is 0.977. The Morgan fingerprint density at radius 1 is 1.08 bits per heavy atom. The van der Waals surface area contributed by atoms with Crippen LogP contribution < -0.4 is 0 Å².